The molecule has 0 radical (unpaired) electrons. The highest BCUT2D eigenvalue weighted by atomic mass is 35.5. The quantitative estimate of drug-likeness (QED) is 0.508. The van der Waals surface area contributed by atoms with Crippen molar-refractivity contribution in [3.05, 3.63) is 101 Å². The summed E-state index contributed by atoms with van der Waals surface area (Å²) in [5, 5.41) is 3.58. The van der Waals surface area contributed by atoms with Crippen LogP contribution >= 0.6 is 11.6 Å². The average Bonchev–Trinajstić information content (AvgIpc) is 3.07. The van der Waals surface area contributed by atoms with Crippen LogP contribution in [0.2, 0.25) is 5.02 Å². The molecule has 4 nitrogen and oxygen atoms in total. The number of benzene rings is 3. The van der Waals surface area contributed by atoms with E-state index in [-0.39, 0.29) is 11.9 Å². The molecule has 1 amide bonds. The molecule has 1 aromatic heterocycles. The van der Waals surface area contributed by atoms with Crippen LogP contribution in [0.15, 0.2) is 78.9 Å². The number of fused-ring (bicyclic) bond motifs is 1. The number of amides is 1. The molecule has 0 unspecified atom stereocenters. The summed E-state index contributed by atoms with van der Waals surface area (Å²) in [5.74, 6) is 0.647. The zero-order chi connectivity index (χ0) is 19.5. The Bertz CT molecular complexity index is 1120. The number of imidazole rings is 1. The van der Waals surface area contributed by atoms with E-state index in [4.69, 9.17) is 16.6 Å². The highest BCUT2D eigenvalue weighted by Gasteiger charge is 2.19. The lowest BCUT2D eigenvalue weighted by atomic mass is 10.2. The van der Waals surface area contributed by atoms with Crippen LogP contribution in [0, 0.1) is 0 Å². The smallest absolute Gasteiger partial charge is 0.251 e. The normalized spacial score (nSPS) is 12.1. The molecule has 0 aliphatic rings. The van der Waals surface area contributed by atoms with Crippen molar-refractivity contribution in [1.29, 1.82) is 0 Å². The van der Waals surface area contributed by atoms with E-state index in [1.54, 1.807) is 24.3 Å². The molecule has 1 atom stereocenters. The number of nitrogens with one attached hydrogen (secondary N) is 1. The van der Waals surface area contributed by atoms with Gasteiger partial charge < -0.3 is 9.88 Å². The summed E-state index contributed by atoms with van der Waals surface area (Å²) in [5.41, 5.74) is 3.67. The highest BCUT2D eigenvalue weighted by Crippen LogP contribution is 2.23. The number of hydrogen-bond acceptors (Lipinski definition) is 2. The van der Waals surface area contributed by atoms with Gasteiger partial charge in [-0.05, 0) is 42.8 Å². The summed E-state index contributed by atoms with van der Waals surface area (Å²) in [6.07, 6.45) is 0. The van der Waals surface area contributed by atoms with E-state index in [9.17, 15) is 4.79 Å². The molecule has 0 spiro atoms. The Balaban J connectivity index is 1.67. The first-order chi connectivity index (χ1) is 13.6. The molecule has 0 saturated carbocycles. The minimum Gasteiger partial charge on any atom is -0.342 e. The van der Waals surface area contributed by atoms with Crippen molar-refractivity contribution < 1.29 is 4.79 Å². The third kappa shape index (κ3) is 3.78. The number of hydrogen-bond donors (Lipinski definition) is 1. The van der Waals surface area contributed by atoms with Gasteiger partial charge in [0.15, 0.2) is 0 Å². The van der Waals surface area contributed by atoms with Gasteiger partial charge in [-0.2, -0.15) is 0 Å². The van der Waals surface area contributed by atoms with E-state index in [0.717, 1.165) is 16.9 Å². The zero-order valence-corrected chi connectivity index (χ0v) is 16.2. The van der Waals surface area contributed by atoms with Crippen LogP contribution in [0.4, 0.5) is 0 Å². The average molecular weight is 390 g/mol. The number of rotatable bonds is 5. The summed E-state index contributed by atoms with van der Waals surface area (Å²) in [7, 11) is 0. The van der Waals surface area contributed by atoms with E-state index in [0.29, 0.717) is 17.1 Å². The van der Waals surface area contributed by atoms with Gasteiger partial charge in [0.2, 0.25) is 0 Å². The Morgan fingerprint density at radius 2 is 1.79 bits per heavy atom. The maximum Gasteiger partial charge on any atom is 0.251 e. The van der Waals surface area contributed by atoms with Crippen molar-refractivity contribution >= 4 is 28.5 Å². The molecule has 1 N–H and O–H groups in total. The van der Waals surface area contributed by atoms with Crippen molar-refractivity contribution in [2.24, 2.45) is 0 Å². The number of carbonyl (C=O) groups excluding carboxylic acids is 1. The lowest BCUT2D eigenvalue weighted by Gasteiger charge is -2.17. The molecule has 4 rings (SSSR count). The molecule has 3 aromatic carbocycles. The van der Waals surface area contributed by atoms with E-state index >= 15 is 0 Å². The molecule has 28 heavy (non-hydrogen) atoms. The van der Waals surface area contributed by atoms with Crippen LogP contribution in [-0.2, 0) is 6.54 Å². The van der Waals surface area contributed by atoms with Crippen LogP contribution in [0.3, 0.4) is 0 Å². The Morgan fingerprint density at radius 3 is 2.57 bits per heavy atom. The highest BCUT2D eigenvalue weighted by molar-refractivity contribution is 6.30. The predicted molar refractivity (Wildman–Crippen MR) is 113 cm³/mol. The fourth-order valence-electron chi connectivity index (χ4n) is 3.33. The van der Waals surface area contributed by atoms with Gasteiger partial charge in [0.05, 0.1) is 17.1 Å². The Labute approximate surface area is 168 Å². The minimum absolute atomic E-state index is 0.173. The minimum atomic E-state index is -0.261. The number of halogens is 1. The van der Waals surface area contributed by atoms with Gasteiger partial charge in [-0.15, -0.1) is 0 Å². The molecule has 0 aliphatic carbocycles. The summed E-state index contributed by atoms with van der Waals surface area (Å²) in [4.78, 5) is 17.5. The fraction of sp³-hybridized carbons (Fsp3) is 0.130. The number of para-hydroxylation sites is 2. The summed E-state index contributed by atoms with van der Waals surface area (Å²) < 4.78 is 2.16. The van der Waals surface area contributed by atoms with Crippen LogP contribution in [0.25, 0.3) is 11.0 Å². The molecule has 5 heteroatoms. The first-order valence-corrected chi connectivity index (χ1v) is 9.55. The van der Waals surface area contributed by atoms with Gasteiger partial charge in [0.25, 0.3) is 5.91 Å². The molecular formula is C23H20ClN3O. The van der Waals surface area contributed by atoms with Crippen LogP contribution in [0.5, 0.6) is 0 Å². The first kappa shape index (κ1) is 18.3. The van der Waals surface area contributed by atoms with Gasteiger partial charge in [-0.1, -0.05) is 60.1 Å². The van der Waals surface area contributed by atoms with Crippen molar-refractivity contribution in [1.82, 2.24) is 14.9 Å². The van der Waals surface area contributed by atoms with E-state index in [2.05, 4.69) is 28.1 Å². The van der Waals surface area contributed by atoms with Crippen molar-refractivity contribution in [2.75, 3.05) is 0 Å². The summed E-state index contributed by atoms with van der Waals surface area (Å²) >= 11 is 6.01. The molecule has 0 bridgehead atoms. The molecule has 0 saturated heterocycles. The SMILES string of the molecule is C[C@@H](NC(=O)c1cccc(Cl)c1)c1nc2ccccc2n1Cc1ccccc1. The molecule has 140 valence electrons. The standard InChI is InChI=1S/C23H20ClN3O/c1-16(25-23(28)18-10-7-11-19(24)14-18)22-26-20-12-5-6-13-21(20)27(22)15-17-8-3-2-4-9-17/h2-14,16H,15H2,1H3,(H,25,28)/t16-/m1/s1. The number of carbonyl (C=O) groups is 1. The van der Waals surface area contributed by atoms with Crippen molar-refractivity contribution in [3.63, 3.8) is 0 Å². The molecule has 4 aromatic rings. The van der Waals surface area contributed by atoms with E-state index in [1.807, 2.05) is 43.3 Å². The maximum absolute atomic E-state index is 12.7. The Kier molecular flexibility index (Phi) is 5.13. The second-order valence-electron chi connectivity index (χ2n) is 6.74. The van der Waals surface area contributed by atoms with Gasteiger partial charge in [-0.25, -0.2) is 4.98 Å². The largest absolute Gasteiger partial charge is 0.342 e. The van der Waals surface area contributed by atoms with Gasteiger partial charge in [0, 0.05) is 17.1 Å². The van der Waals surface area contributed by atoms with Crippen molar-refractivity contribution in [3.8, 4) is 0 Å². The third-order valence-electron chi connectivity index (χ3n) is 4.69. The zero-order valence-electron chi connectivity index (χ0n) is 15.5. The van der Waals surface area contributed by atoms with Crippen LogP contribution < -0.4 is 5.32 Å². The van der Waals surface area contributed by atoms with Crippen LogP contribution in [0.1, 0.15) is 34.7 Å². The molecular weight excluding hydrogens is 370 g/mol. The molecule has 1 heterocycles. The number of nitrogens with zero attached hydrogens (tertiary/aromatic N) is 2. The monoisotopic (exact) mass is 389 g/mol. The topological polar surface area (TPSA) is 46.9 Å². The van der Waals surface area contributed by atoms with E-state index < -0.39 is 0 Å². The van der Waals surface area contributed by atoms with Gasteiger partial charge in [-0.3, -0.25) is 4.79 Å². The lowest BCUT2D eigenvalue weighted by Crippen LogP contribution is -2.28. The third-order valence-corrected chi connectivity index (χ3v) is 4.92. The lowest BCUT2D eigenvalue weighted by molar-refractivity contribution is 0.0938. The number of aromatic nitrogens is 2. The van der Waals surface area contributed by atoms with Gasteiger partial charge >= 0.3 is 0 Å². The van der Waals surface area contributed by atoms with E-state index in [1.165, 1.54) is 5.56 Å². The van der Waals surface area contributed by atoms with Crippen molar-refractivity contribution in [2.45, 2.75) is 19.5 Å². The second-order valence-corrected chi connectivity index (χ2v) is 7.17. The molecule has 0 aliphatic heterocycles. The summed E-state index contributed by atoms with van der Waals surface area (Å²) in [6, 6.07) is 24.9. The summed E-state index contributed by atoms with van der Waals surface area (Å²) in [6.45, 7) is 2.64. The fourth-order valence-corrected chi connectivity index (χ4v) is 3.52. The van der Waals surface area contributed by atoms with Crippen LogP contribution in [-0.4, -0.2) is 15.5 Å². The Hall–Kier alpha value is -3.11. The molecule has 0 fully saturated rings. The predicted octanol–water partition coefficient (Wildman–Crippen LogP) is 5.23. The maximum atomic E-state index is 12.7. The van der Waals surface area contributed by atoms with Gasteiger partial charge in [0.1, 0.15) is 5.82 Å². The Morgan fingerprint density at radius 1 is 1.04 bits per heavy atom. The first-order valence-electron chi connectivity index (χ1n) is 9.17. The second kappa shape index (κ2) is 7.87.